The van der Waals surface area contributed by atoms with E-state index in [1.54, 1.807) is 31.2 Å². The van der Waals surface area contributed by atoms with Gasteiger partial charge in [0.05, 0.1) is 12.2 Å². The molecule has 0 saturated heterocycles. The number of nitrogens with zero attached hydrogens (tertiary/aromatic N) is 3. The highest BCUT2D eigenvalue weighted by molar-refractivity contribution is 5.73. The van der Waals surface area contributed by atoms with E-state index in [4.69, 9.17) is 9.15 Å². The number of halogens is 3. The Morgan fingerprint density at radius 1 is 1.21 bits per heavy atom. The summed E-state index contributed by atoms with van der Waals surface area (Å²) in [6, 6.07) is 10.3. The second kappa shape index (κ2) is 8.40. The standard InChI is InChI=1S/C23H20F3N5O3/c1-13-11-27-21(29-20(13)30-31-18-4-2-3-5-19(18)34-22(31)32)28-16-8-15(23(24,25)26)9-17(10-16)33-12-14-6-7-14/h2-5,8-11,14H,6-7,12H2,1H3,(H2,27,28,29,30). The monoisotopic (exact) mass is 471 g/mol. The van der Waals surface area contributed by atoms with Gasteiger partial charge in [-0.1, -0.05) is 12.1 Å². The molecule has 11 heteroatoms. The Balaban J connectivity index is 1.43. The lowest BCUT2D eigenvalue weighted by Crippen LogP contribution is -2.23. The lowest BCUT2D eigenvalue weighted by Gasteiger charge is -2.15. The van der Waals surface area contributed by atoms with Gasteiger partial charge in [-0.25, -0.2) is 9.78 Å². The third-order valence-electron chi connectivity index (χ3n) is 5.35. The molecule has 0 radical (unpaired) electrons. The first-order chi connectivity index (χ1) is 16.3. The van der Waals surface area contributed by atoms with Crippen LogP contribution >= 0.6 is 0 Å². The normalized spacial score (nSPS) is 13.8. The molecule has 4 aromatic rings. The summed E-state index contributed by atoms with van der Waals surface area (Å²) >= 11 is 0. The molecule has 34 heavy (non-hydrogen) atoms. The van der Waals surface area contributed by atoms with E-state index in [1.807, 2.05) is 0 Å². The van der Waals surface area contributed by atoms with Gasteiger partial charge < -0.3 is 14.5 Å². The number of para-hydroxylation sites is 2. The predicted octanol–water partition coefficient (Wildman–Crippen LogP) is 5.12. The molecule has 1 aliphatic carbocycles. The van der Waals surface area contributed by atoms with Crippen molar-refractivity contribution in [3.8, 4) is 5.75 Å². The van der Waals surface area contributed by atoms with Crippen LogP contribution in [0.5, 0.6) is 5.75 Å². The van der Waals surface area contributed by atoms with E-state index in [-0.39, 0.29) is 23.2 Å². The highest BCUT2D eigenvalue weighted by Crippen LogP contribution is 2.36. The van der Waals surface area contributed by atoms with E-state index < -0.39 is 17.5 Å². The SMILES string of the molecule is Cc1cnc(Nc2cc(OCC3CC3)cc(C(F)(F)F)c2)nc1Nn1c(=O)oc2ccccc21. The Labute approximate surface area is 191 Å². The van der Waals surface area contributed by atoms with Crippen LogP contribution < -0.4 is 21.2 Å². The number of aryl methyl sites for hydroxylation is 1. The molecular formula is C23H20F3N5O3. The van der Waals surface area contributed by atoms with E-state index in [1.165, 1.54) is 16.9 Å². The number of aromatic nitrogens is 3. The second-order valence-corrected chi connectivity index (χ2v) is 8.13. The van der Waals surface area contributed by atoms with Gasteiger partial charge >= 0.3 is 11.9 Å². The number of alkyl halides is 3. The fourth-order valence-electron chi connectivity index (χ4n) is 3.34. The number of nitrogens with one attached hydrogen (secondary N) is 2. The predicted molar refractivity (Wildman–Crippen MR) is 119 cm³/mol. The number of fused-ring (bicyclic) bond motifs is 1. The minimum Gasteiger partial charge on any atom is -0.493 e. The van der Waals surface area contributed by atoms with Gasteiger partial charge in [-0.15, -0.1) is 0 Å². The van der Waals surface area contributed by atoms with Crippen molar-refractivity contribution in [2.45, 2.75) is 25.9 Å². The molecule has 0 unspecified atom stereocenters. The molecule has 0 bridgehead atoms. The molecule has 8 nitrogen and oxygen atoms in total. The largest absolute Gasteiger partial charge is 0.493 e. The highest BCUT2D eigenvalue weighted by Gasteiger charge is 2.32. The zero-order chi connectivity index (χ0) is 23.9. The number of ether oxygens (including phenoxy) is 1. The molecule has 1 fully saturated rings. The van der Waals surface area contributed by atoms with Crippen molar-refractivity contribution < 1.29 is 22.3 Å². The summed E-state index contributed by atoms with van der Waals surface area (Å²) < 4.78 is 52.3. The Kier molecular flexibility index (Phi) is 5.39. The summed E-state index contributed by atoms with van der Waals surface area (Å²) in [6.07, 6.45) is -1.01. The quantitative estimate of drug-likeness (QED) is 0.386. The fraction of sp³-hybridized carbons (Fsp3) is 0.261. The topological polar surface area (TPSA) is 94.2 Å². The minimum absolute atomic E-state index is 0.0430. The molecule has 2 N–H and O–H groups in total. The van der Waals surface area contributed by atoms with Gasteiger partial charge in [0, 0.05) is 23.5 Å². The number of anilines is 3. The van der Waals surface area contributed by atoms with Gasteiger partial charge in [-0.2, -0.15) is 22.8 Å². The van der Waals surface area contributed by atoms with E-state index in [0.717, 1.165) is 25.0 Å². The number of rotatable bonds is 7. The van der Waals surface area contributed by atoms with Gasteiger partial charge in [0.1, 0.15) is 11.3 Å². The average molecular weight is 471 g/mol. The van der Waals surface area contributed by atoms with Crippen molar-refractivity contribution in [1.82, 2.24) is 14.6 Å². The lowest BCUT2D eigenvalue weighted by atomic mass is 10.2. The number of hydrogen-bond donors (Lipinski definition) is 2. The zero-order valence-corrected chi connectivity index (χ0v) is 18.0. The van der Waals surface area contributed by atoms with Gasteiger partial charge in [-0.05, 0) is 49.9 Å². The van der Waals surface area contributed by atoms with Crippen LogP contribution in [0.25, 0.3) is 11.1 Å². The van der Waals surface area contributed by atoms with Crippen LogP contribution in [0.15, 0.2) is 57.9 Å². The molecule has 1 saturated carbocycles. The maximum atomic E-state index is 13.4. The van der Waals surface area contributed by atoms with Crippen LogP contribution in [-0.4, -0.2) is 21.3 Å². The molecule has 0 aliphatic heterocycles. The maximum absolute atomic E-state index is 13.4. The summed E-state index contributed by atoms with van der Waals surface area (Å²) in [5, 5.41) is 2.81. The first kappa shape index (κ1) is 21.8. The maximum Gasteiger partial charge on any atom is 0.439 e. The van der Waals surface area contributed by atoms with Crippen LogP contribution in [0.4, 0.5) is 30.6 Å². The summed E-state index contributed by atoms with van der Waals surface area (Å²) in [4.78, 5) is 20.8. The van der Waals surface area contributed by atoms with E-state index in [9.17, 15) is 18.0 Å². The van der Waals surface area contributed by atoms with Crippen molar-refractivity contribution in [3.05, 3.63) is 70.3 Å². The molecule has 0 amide bonds. The van der Waals surface area contributed by atoms with Crippen molar-refractivity contribution in [2.75, 3.05) is 17.3 Å². The number of hydrogen-bond acceptors (Lipinski definition) is 7. The fourth-order valence-corrected chi connectivity index (χ4v) is 3.34. The first-order valence-corrected chi connectivity index (χ1v) is 10.6. The minimum atomic E-state index is -4.54. The molecule has 0 spiro atoms. The molecule has 176 valence electrons. The molecule has 2 heterocycles. The summed E-state index contributed by atoms with van der Waals surface area (Å²) in [5.41, 5.74) is 3.69. The Hall–Kier alpha value is -4.02. The van der Waals surface area contributed by atoms with Crippen LogP contribution in [-0.2, 0) is 6.18 Å². The average Bonchev–Trinajstić information content (AvgIpc) is 3.57. The van der Waals surface area contributed by atoms with Gasteiger partial charge in [0.15, 0.2) is 11.4 Å². The molecule has 5 rings (SSSR count). The first-order valence-electron chi connectivity index (χ1n) is 10.6. The Bertz CT molecular complexity index is 1410. The highest BCUT2D eigenvalue weighted by atomic mass is 19.4. The van der Waals surface area contributed by atoms with E-state index in [0.29, 0.717) is 29.2 Å². The summed E-state index contributed by atoms with van der Waals surface area (Å²) in [7, 11) is 0. The molecule has 0 atom stereocenters. The molecule has 2 aromatic heterocycles. The van der Waals surface area contributed by atoms with Crippen molar-refractivity contribution in [2.24, 2.45) is 5.92 Å². The molecule has 2 aromatic carbocycles. The number of benzene rings is 2. The second-order valence-electron chi connectivity index (χ2n) is 8.13. The van der Waals surface area contributed by atoms with E-state index in [2.05, 4.69) is 20.7 Å². The number of oxazole rings is 1. The summed E-state index contributed by atoms with van der Waals surface area (Å²) in [5.74, 6) is 0.197. The van der Waals surface area contributed by atoms with Gasteiger partial charge in [0.2, 0.25) is 5.95 Å². The Morgan fingerprint density at radius 2 is 2.00 bits per heavy atom. The van der Waals surface area contributed by atoms with Crippen LogP contribution in [0.1, 0.15) is 24.0 Å². The molecular weight excluding hydrogens is 451 g/mol. The third-order valence-corrected chi connectivity index (χ3v) is 5.35. The van der Waals surface area contributed by atoms with Crippen LogP contribution in [0, 0.1) is 12.8 Å². The van der Waals surface area contributed by atoms with Gasteiger partial charge in [0.25, 0.3) is 0 Å². The van der Waals surface area contributed by atoms with Crippen molar-refractivity contribution in [1.29, 1.82) is 0 Å². The van der Waals surface area contributed by atoms with Gasteiger partial charge in [-0.3, -0.25) is 5.43 Å². The van der Waals surface area contributed by atoms with E-state index >= 15 is 0 Å². The smallest absolute Gasteiger partial charge is 0.439 e. The Morgan fingerprint density at radius 3 is 2.76 bits per heavy atom. The van der Waals surface area contributed by atoms with Crippen molar-refractivity contribution in [3.63, 3.8) is 0 Å². The third kappa shape index (κ3) is 4.68. The van der Waals surface area contributed by atoms with Crippen LogP contribution in [0.3, 0.4) is 0 Å². The lowest BCUT2D eigenvalue weighted by molar-refractivity contribution is -0.137. The van der Waals surface area contributed by atoms with Crippen LogP contribution in [0.2, 0.25) is 0 Å². The van der Waals surface area contributed by atoms with Crippen molar-refractivity contribution >= 4 is 28.6 Å². The zero-order valence-electron chi connectivity index (χ0n) is 18.0. The summed E-state index contributed by atoms with van der Waals surface area (Å²) in [6.45, 7) is 2.11. The molecule has 1 aliphatic rings.